The summed E-state index contributed by atoms with van der Waals surface area (Å²) in [6.45, 7) is 13.1. The highest BCUT2D eigenvalue weighted by atomic mass is 32.1. The number of hydrogen-bond acceptors (Lipinski definition) is 25. The molecule has 26 nitrogen and oxygen atoms in total. The van der Waals surface area contributed by atoms with Crippen LogP contribution in [0, 0.1) is 20.8 Å². The molecule has 3 aliphatic rings. The lowest BCUT2D eigenvalue weighted by Crippen LogP contribution is -2.29. The van der Waals surface area contributed by atoms with E-state index in [1.807, 2.05) is 72.8 Å². The van der Waals surface area contributed by atoms with Gasteiger partial charge in [0.25, 0.3) is 17.7 Å². The Morgan fingerprint density at radius 2 is 0.664 bits per heavy atom. The van der Waals surface area contributed by atoms with Gasteiger partial charge in [0.1, 0.15) is 48.6 Å². The smallest absolute Gasteiger partial charge is 0.350 e. The number of aryl methyl sites for hydroxylation is 3. The molecule has 4 amide bonds. The number of nitrogens with zero attached hydrogens (tertiary/aromatic N) is 7. The highest BCUT2D eigenvalue weighted by Crippen LogP contribution is 2.47. The zero-order valence-electron chi connectivity index (χ0n) is 63.6. The predicted molar refractivity (Wildman–Crippen MR) is 428 cm³/mol. The van der Waals surface area contributed by atoms with E-state index in [9.17, 15) is 47.9 Å². The number of methoxy groups -OCH3 is 3. The Hall–Kier alpha value is -12.5. The van der Waals surface area contributed by atoms with Crippen molar-refractivity contribution in [1.82, 2.24) is 19.9 Å². The van der Waals surface area contributed by atoms with E-state index in [4.69, 9.17) is 41.7 Å². The maximum Gasteiger partial charge on any atom is 0.350 e. The topological polar surface area (TPSA) is 317 Å². The fourth-order valence-corrected chi connectivity index (χ4v) is 15.9. The van der Waals surface area contributed by atoms with Crippen molar-refractivity contribution in [1.29, 1.82) is 0 Å². The zero-order chi connectivity index (χ0) is 80.5. The summed E-state index contributed by atoms with van der Waals surface area (Å²) in [7, 11) is 7.25. The van der Waals surface area contributed by atoms with Crippen LogP contribution in [0.5, 0.6) is 17.2 Å². The van der Waals surface area contributed by atoms with Crippen LogP contribution < -0.4 is 45.2 Å². The number of para-hydroxylation sites is 3. The maximum absolute atomic E-state index is 13.7. The Labute approximate surface area is 659 Å². The molecule has 6 aromatic heterocycles. The fraction of sp³-hybridized carbons (Fsp3) is 0.274. The minimum absolute atomic E-state index is 0.0283. The van der Waals surface area contributed by atoms with Crippen LogP contribution in [0.2, 0.25) is 0 Å². The van der Waals surface area contributed by atoms with Crippen LogP contribution in [0.4, 0.5) is 15.4 Å². The number of benzene rings is 6. The van der Waals surface area contributed by atoms with Gasteiger partial charge in [-0.3, -0.25) is 48.3 Å². The molecule has 582 valence electrons. The van der Waals surface area contributed by atoms with E-state index >= 15 is 0 Å². The van der Waals surface area contributed by atoms with Gasteiger partial charge in [-0.2, -0.15) is 0 Å². The largest absolute Gasteiger partial charge is 0.494 e. The van der Waals surface area contributed by atoms with E-state index in [-0.39, 0.29) is 65.7 Å². The van der Waals surface area contributed by atoms with Gasteiger partial charge >= 0.3 is 17.9 Å². The molecule has 0 saturated heterocycles. The summed E-state index contributed by atoms with van der Waals surface area (Å²) in [5.74, 6) is -1.07. The molecule has 0 fully saturated rings. The Morgan fingerprint density at radius 3 is 0.894 bits per heavy atom. The van der Waals surface area contributed by atoms with Gasteiger partial charge in [0, 0.05) is 14.1 Å². The first-order chi connectivity index (χ1) is 54.6. The molecule has 0 saturated carbocycles. The number of anilines is 3. The summed E-state index contributed by atoms with van der Waals surface area (Å²) in [6, 6.07) is 40.1. The number of thiazole rings is 3. The Bertz CT molecular complexity index is 5240. The molecule has 113 heavy (non-hydrogen) atoms. The molecule has 0 bridgehead atoms. The summed E-state index contributed by atoms with van der Waals surface area (Å²) < 4.78 is 49.8. The number of fused-ring (bicyclic) bond motifs is 6. The number of rotatable bonds is 22. The van der Waals surface area contributed by atoms with Crippen molar-refractivity contribution in [2.45, 2.75) is 98.2 Å². The number of carbonyl (C=O) groups excluding carboxylic acids is 7. The molecular formula is C84H79N7O19S3. The SMILES string of the molecule is CCCCOc1ccc(C2c3c(oc4ccccc4c3=O)C(=O)N2c2nc(C)c(C(=O)OC)s2)cc1.CCCCOc1ccc(C2c3c(oc4ccccc4c3=O)C(=O)N2c2nc(C)c(C(=O)OC)s2)cc1.CCCCOc1ccc(C2c3c(oc4ccccc4c3=O)C(=O)N2c2nc(C)c(C(=O)OC)s2)cc1.CN(C)C=O. The van der Waals surface area contributed by atoms with Crippen molar-refractivity contribution in [2.24, 2.45) is 0 Å². The van der Waals surface area contributed by atoms with Gasteiger partial charge in [-0.25, -0.2) is 29.3 Å². The predicted octanol–water partition coefficient (Wildman–Crippen LogP) is 15.5. The van der Waals surface area contributed by atoms with Crippen LogP contribution in [0.25, 0.3) is 32.9 Å². The summed E-state index contributed by atoms with van der Waals surface area (Å²) in [4.78, 5) is 148. The molecule has 9 heterocycles. The average Bonchev–Trinajstić information content (AvgIpc) is 1.59. The van der Waals surface area contributed by atoms with Gasteiger partial charge in [0.05, 0.1) is 109 Å². The number of ether oxygens (including phenoxy) is 6. The Kier molecular flexibility index (Phi) is 25.0. The van der Waals surface area contributed by atoms with E-state index in [1.165, 1.54) is 40.9 Å². The lowest BCUT2D eigenvalue weighted by molar-refractivity contribution is -0.115. The molecule has 0 aliphatic carbocycles. The van der Waals surface area contributed by atoms with Gasteiger partial charge in [-0.15, -0.1) is 0 Å². The van der Waals surface area contributed by atoms with Gasteiger partial charge in [0.2, 0.25) is 23.7 Å². The molecule has 6 aromatic carbocycles. The number of hydrogen-bond donors (Lipinski definition) is 0. The van der Waals surface area contributed by atoms with Gasteiger partial charge in [-0.1, -0.05) is 147 Å². The second-order valence-electron chi connectivity index (χ2n) is 26.3. The van der Waals surface area contributed by atoms with E-state index in [0.29, 0.717) is 118 Å². The average molecular weight is 1590 g/mol. The van der Waals surface area contributed by atoms with Crippen molar-refractivity contribution in [3.8, 4) is 17.2 Å². The highest BCUT2D eigenvalue weighted by Gasteiger charge is 2.49. The molecule has 0 spiro atoms. The van der Waals surface area contributed by atoms with Crippen molar-refractivity contribution >= 4 is 124 Å². The van der Waals surface area contributed by atoms with Crippen molar-refractivity contribution in [3.63, 3.8) is 0 Å². The molecule has 29 heteroatoms. The number of aromatic nitrogens is 3. The molecule has 3 unspecified atom stereocenters. The van der Waals surface area contributed by atoms with Crippen LogP contribution in [0.3, 0.4) is 0 Å². The van der Waals surface area contributed by atoms with Crippen molar-refractivity contribution in [3.05, 3.63) is 259 Å². The van der Waals surface area contributed by atoms with E-state index in [1.54, 1.807) is 108 Å². The number of esters is 3. The first kappa shape index (κ1) is 80.1. The maximum atomic E-state index is 13.7. The summed E-state index contributed by atoms with van der Waals surface area (Å²) >= 11 is 3.12. The molecular weight excluding hydrogens is 1510 g/mol. The fourth-order valence-electron chi connectivity index (χ4n) is 12.8. The van der Waals surface area contributed by atoms with Crippen LogP contribution in [-0.4, -0.2) is 117 Å². The first-order valence-corrected chi connectivity index (χ1v) is 38.7. The van der Waals surface area contributed by atoms with E-state index in [0.717, 1.165) is 78.9 Å². The third-order valence-electron chi connectivity index (χ3n) is 18.5. The molecule has 0 N–H and O–H groups in total. The van der Waals surface area contributed by atoms with Crippen LogP contribution >= 0.6 is 34.0 Å². The molecule has 15 rings (SSSR count). The van der Waals surface area contributed by atoms with Crippen LogP contribution in [0.1, 0.15) is 189 Å². The Balaban J connectivity index is 0.000000152. The van der Waals surface area contributed by atoms with Gasteiger partial charge in [-0.05, 0) is 130 Å². The summed E-state index contributed by atoms with van der Waals surface area (Å²) in [6.07, 6.45) is 6.66. The molecule has 12 aromatic rings. The van der Waals surface area contributed by atoms with Gasteiger partial charge in [0.15, 0.2) is 31.7 Å². The third-order valence-corrected chi connectivity index (χ3v) is 21.9. The summed E-state index contributed by atoms with van der Waals surface area (Å²) in [5, 5.41) is 2.01. The standard InChI is InChI=1S/3C27H24N2O6S.C3H7NO/c3*1-4-5-14-34-17-12-10-16(11-13-17)21-20-22(30)18-8-6-7-9-19(18)35-23(20)25(31)29(21)27-28-15(2)24(36-27)26(32)33-3;1-4(2)3-5/h3*6-13,21H,4-5,14H2,1-3H3;3H,1-2H3. The minimum atomic E-state index is -0.783. The number of unbranched alkanes of at least 4 members (excludes halogenated alkanes) is 3. The molecule has 3 aliphatic heterocycles. The highest BCUT2D eigenvalue weighted by molar-refractivity contribution is 7.18. The Morgan fingerprint density at radius 1 is 0.416 bits per heavy atom. The second-order valence-corrected chi connectivity index (χ2v) is 29.3. The summed E-state index contributed by atoms with van der Waals surface area (Å²) in [5.41, 5.74) is 4.28. The first-order valence-electron chi connectivity index (χ1n) is 36.2. The monoisotopic (exact) mass is 1590 g/mol. The third kappa shape index (κ3) is 16.2. The number of amides is 4. The van der Waals surface area contributed by atoms with Crippen molar-refractivity contribution in [2.75, 3.05) is 69.9 Å². The zero-order valence-corrected chi connectivity index (χ0v) is 66.1. The quantitative estimate of drug-likeness (QED) is 0.0263. The second kappa shape index (κ2) is 35.3. The lowest BCUT2D eigenvalue weighted by Gasteiger charge is -2.22. The molecule has 0 radical (unpaired) electrons. The lowest BCUT2D eigenvalue weighted by atomic mass is 9.98. The van der Waals surface area contributed by atoms with E-state index < -0.39 is 53.8 Å². The minimum Gasteiger partial charge on any atom is -0.494 e. The van der Waals surface area contributed by atoms with Crippen LogP contribution in [-0.2, 0) is 19.0 Å². The van der Waals surface area contributed by atoms with Gasteiger partial charge < -0.3 is 46.6 Å². The number of carbonyl (C=O) groups is 7. The molecule has 3 atom stereocenters. The van der Waals surface area contributed by atoms with Crippen molar-refractivity contribution < 1.29 is 75.2 Å². The van der Waals surface area contributed by atoms with Crippen LogP contribution in [0.15, 0.2) is 173 Å². The normalized spacial score (nSPS) is 14.5. The van der Waals surface area contributed by atoms with E-state index in [2.05, 4.69) is 35.7 Å².